The topological polar surface area (TPSA) is 107 Å². The van der Waals surface area contributed by atoms with Crippen LogP contribution in [0.3, 0.4) is 0 Å². The molecule has 9 heteroatoms. The molecule has 1 heterocycles. The van der Waals surface area contributed by atoms with E-state index in [0.717, 1.165) is 16.8 Å². The smallest absolute Gasteiger partial charge is 0.308 e. The Morgan fingerprint density at radius 1 is 1.06 bits per heavy atom. The van der Waals surface area contributed by atoms with Crippen molar-refractivity contribution in [3.8, 4) is 22.8 Å². The van der Waals surface area contributed by atoms with Gasteiger partial charge in [0.1, 0.15) is 0 Å². The van der Waals surface area contributed by atoms with Gasteiger partial charge in [-0.2, -0.15) is 0 Å². The number of anilines is 1. The van der Waals surface area contributed by atoms with E-state index in [1.807, 2.05) is 29.6 Å². The van der Waals surface area contributed by atoms with Crippen LogP contribution in [0.2, 0.25) is 0 Å². The quantitative estimate of drug-likeness (QED) is 0.296. The molecular weight excluding hydrogens is 442 g/mol. The van der Waals surface area contributed by atoms with Crippen molar-refractivity contribution >= 4 is 40.3 Å². The molecule has 0 radical (unpaired) electrons. The highest BCUT2D eigenvalue weighted by molar-refractivity contribution is 7.14. The number of nitrogens with one attached hydrogen (secondary N) is 2. The molecule has 0 unspecified atom stereocenters. The molecule has 1 aromatic heterocycles. The van der Waals surface area contributed by atoms with E-state index in [2.05, 4.69) is 15.6 Å². The van der Waals surface area contributed by atoms with Crippen LogP contribution >= 0.6 is 11.3 Å². The van der Waals surface area contributed by atoms with Crippen molar-refractivity contribution in [2.45, 2.75) is 20.4 Å². The minimum atomic E-state index is -0.445. The minimum absolute atomic E-state index is 0.0776. The van der Waals surface area contributed by atoms with Gasteiger partial charge in [-0.25, -0.2) is 4.98 Å². The van der Waals surface area contributed by atoms with Crippen LogP contribution in [0.1, 0.15) is 25.0 Å². The summed E-state index contributed by atoms with van der Waals surface area (Å²) in [6.07, 6.45) is 3.01. The Bertz CT molecular complexity index is 1190. The molecule has 3 rings (SSSR count). The minimum Gasteiger partial charge on any atom is -0.493 e. The van der Waals surface area contributed by atoms with Crippen LogP contribution in [0.25, 0.3) is 17.3 Å². The largest absolute Gasteiger partial charge is 0.493 e. The molecule has 0 atom stereocenters. The first-order valence-electron chi connectivity index (χ1n) is 9.99. The molecule has 2 N–H and O–H groups in total. The number of thiazole rings is 1. The Hall–Kier alpha value is -3.98. The van der Waals surface area contributed by atoms with Gasteiger partial charge in [0.2, 0.25) is 11.8 Å². The van der Waals surface area contributed by atoms with Crippen molar-refractivity contribution < 1.29 is 23.9 Å². The maximum atomic E-state index is 12.3. The number of hydrogen-bond acceptors (Lipinski definition) is 7. The zero-order valence-corrected chi connectivity index (χ0v) is 19.2. The first-order valence-corrected chi connectivity index (χ1v) is 10.9. The second-order valence-electron chi connectivity index (χ2n) is 6.97. The Morgan fingerprint density at radius 2 is 1.82 bits per heavy atom. The molecule has 2 aromatic carbocycles. The monoisotopic (exact) mass is 465 g/mol. The van der Waals surface area contributed by atoms with Crippen LogP contribution in [-0.2, 0) is 20.9 Å². The summed E-state index contributed by atoms with van der Waals surface area (Å²) in [5.74, 6) is -0.152. The number of rotatable bonds is 8. The summed E-state index contributed by atoms with van der Waals surface area (Å²) in [4.78, 5) is 38.9. The highest BCUT2D eigenvalue weighted by Gasteiger charge is 2.09. The molecule has 8 nitrogen and oxygen atoms in total. The summed E-state index contributed by atoms with van der Waals surface area (Å²) < 4.78 is 10.3. The molecule has 0 aliphatic heterocycles. The average Bonchev–Trinajstić information content (AvgIpc) is 3.25. The lowest BCUT2D eigenvalue weighted by atomic mass is 10.1. The molecule has 33 heavy (non-hydrogen) atoms. The summed E-state index contributed by atoms with van der Waals surface area (Å²) >= 11 is 1.32. The summed E-state index contributed by atoms with van der Waals surface area (Å²) in [6.45, 7) is 3.26. The SMILES string of the molecule is COc1cc(/C=C/C(=O)Nc2nc(-c3ccc(CNC(C)=O)cc3)cs2)ccc1OC(C)=O. The number of amides is 2. The van der Waals surface area contributed by atoms with Gasteiger partial charge in [0.25, 0.3) is 0 Å². The van der Waals surface area contributed by atoms with Crippen LogP contribution in [-0.4, -0.2) is 29.9 Å². The maximum absolute atomic E-state index is 12.3. The number of carbonyl (C=O) groups excluding carboxylic acids is 3. The van der Waals surface area contributed by atoms with Crippen LogP contribution in [0.15, 0.2) is 53.9 Å². The van der Waals surface area contributed by atoms with E-state index >= 15 is 0 Å². The van der Waals surface area contributed by atoms with Gasteiger partial charge < -0.3 is 14.8 Å². The molecule has 170 valence electrons. The number of ether oxygens (including phenoxy) is 2. The van der Waals surface area contributed by atoms with Crippen LogP contribution < -0.4 is 20.1 Å². The van der Waals surface area contributed by atoms with Crippen LogP contribution in [0.5, 0.6) is 11.5 Å². The van der Waals surface area contributed by atoms with E-state index in [-0.39, 0.29) is 11.8 Å². The summed E-state index contributed by atoms with van der Waals surface area (Å²) in [7, 11) is 1.47. The van der Waals surface area contributed by atoms with Crippen LogP contribution in [0, 0.1) is 0 Å². The molecule has 3 aromatic rings. The summed E-state index contributed by atoms with van der Waals surface area (Å²) in [5, 5.41) is 7.84. The highest BCUT2D eigenvalue weighted by atomic mass is 32.1. The maximum Gasteiger partial charge on any atom is 0.308 e. The third-order valence-corrected chi connectivity index (χ3v) is 5.15. The van der Waals surface area contributed by atoms with Gasteiger partial charge in [-0.05, 0) is 29.3 Å². The number of methoxy groups -OCH3 is 1. The predicted molar refractivity (Wildman–Crippen MR) is 127 cm³/mol. The second kappa shape index (κ2) is 11.1. The molecule has 0 fully saturated rings. The fourth-order valence-corrected chi connectivity index (χ4v) is 3.55. The first-order chi connectivity index (χ1) is 15.8. The Balaban J connectivity index is 1.61. The van der Waals surface area contributed by atoms with Gasteiger partial charge in [0, 0.05) is 37.4 Å². The summed E-state index contributed by atoms with van der Waals surface area (Å²) in [5.41, 5.74) is 3.35. The van der Waals surface area contributed by atoms with Gasteiger partial charge in [-0.3, -0.25) is 19.7 Å². The van der Waals surface area contributed by atoms with Crippen LogP contribution in [0.4, 0.5) is 5.13 Å². The van der Waals surface area contributed by atoms with Crippen molar-refractivity contribution in [1.29, 1.82) is 0 Å². The average molecular weight is 466 g/mol. The predicted octanol–water partition coefficient (Wildman–Crippen LogP) is 4.03. The van der Waals surface area contributed by atoms with Crippen molar-refractivity contribution in [3.05, 3.63) is 65.0 Å². The number of nitrogens with zero attached hydrogens (tertiary/aromatic N) is 1. The van der Waals surface area contributed by atoms with Crippen molar-refractivity contribution in [3.63, 3.8) is 0 Å². The van der Waals surface area contributed by atoms with E-state index in [1.54, 1.807) is 24.3 Å². The van der Waals surface area contributed by atoms with Crippen molar-refractivity contribution in [2.75, 3.05) is 12.4 Å². The molecule has 0 bridgehead atoms. The van der Waals surface area contributed by atoms with E-state index in [4.69, 9.17) is 9.47 Å². The van der Waals surface area contributed by atoms with Crippen molar-refractivity contribution in [2.24, 2.45) is 0 Å². The zero-order valence-electron chi connectivity index (χ0n) is 18.4. The number of benzene rings is 2. The number of aromatic nitrogens is 1. The standard InChI is InChI=1S/C24H23N3O5S/c1-15(28)25-13-18-4-8-19(9-5-18)20-14-33-24(26-20)27-23(30)11-7-17-6-10-21(32-16(2)29)22(12-17)31-3/h4-12,14H,13H2,1-3H3,(H,25,28)(H,26,27,30)/b11-7+. The van der Waals surface area contributed by atoms with Gasteiger partial charge in [0.05, 0.1) is 12.8 Å². The molecule has 0 spiro atoms. The fourth-order valence-electron chi connectivity index (χ4n) is 2.83. The molecule has 2 amide bonds. The van der Waals surface area contributed by atoms with E-state index in [1.165, 1.54) is 38.4 Å². The third kappa shape index (κ3) is 7.01. The van der Waals surface area contributed by atoms with Gasteiger partial charge in [-0.15, -0.1) is 11.3 Å². The zero-order chi connectivity index (χ0) is 23.8. The van der Waals surface area contributed by atoms with Gasteiger partial charge >= 0.3 is 5.97 Å². The Morgan fingerprint density at radius 3 is 2.48 bits per heavy atom. The van der Waals surface area contributed by atoms with Gasteiger partial charge in [0.15, 0.2) is 16.6 Å². The molecular formula is C24H23N3O5S. The molecule has 0 aliphatic carbocycles. The third-order valence-electron chi connectivity index (χ3n) is 4.39. The number of carbonyl (C=O) groups is 3. The Kier molecular flexibility index (Phi) is 7.93. The molecule has 0 saturated carbocycles. The highest BCUT2D eigenvalue weighted by Crippen LogP contribution is 2.29. The lowest BCUT2D eigenvalue weighted by molar-refractivity contribution is -0.132. The fraction of sp³-hybridized carbons (Fsp3) is 0.167. The normalized spacial score (nSPS) is 10.6. The molecule has 0 saturated heterocycles. The first kappa shape index (κ1) is 23.7. The van der Waals surface area contributed by atoms with E-state index in [0.29, 0.717) is 28.7 Å². The summed E-state index contributed by atoms with van der Waals surface area (Å²) in [6, 6.07) is 12.7. The molecule has 0 aliphatic rings. The number of hydrogen-bond donors (Lipinski definition) is 2. The lowest BCUT2D eigenvalue weighted by Crippen LogP contribution is -2.18. The van der Waals surface area contributed by atoms with E-state index in [9.17, 15) is 14.4 Å². The number of esters is 1. The van der Waals surface area contributed by atoms with E-state index < -0.39 is 5.97 Å². The second-order valence-corrected chi connectivity index (χ2v) is 7.83. The Labute approximate surface area is 195 Å². The van der Waals surface area contributed by atoms with Crippen molar-refractivity contribution in [1.82, 2.24) is 10.3 Å². The lowest BCUT2D eigenvalue weighted by Gasteiger charge is -2.08. The van der Waals surface area contributed by atoms with Gasteiger partial charge in [-0.1, -0.05) is 30.3 Å².